The predicted octanol–water partition coefficient (Wildman–Crippen LogP) is 3.42. The molecule has 0 aliphatic rings. The number of hydrogen-bond acceptors (Lipinski definition) is 3. The number of nitrogens with zero attached hydrogens (tertiary/aromatic N) is 1. The van der Waals surface area contributed by atoms with Crippen LogP contribution in [0.3, 0.4) is 0 Å². The summed E-state index contributed by atoms with van der Waals surface area (Å²) in [6.07, 6.45) is 1.33. The maximum absolute atomic E-state index is 14.0. The zero-order valence-corrected chi connectivity index (χ0v) is 11.2. The third kappa shape index (κ3) is 2.58. The zero-order valence-electron chi connectivity index (χ0n) is 10.4. The maximum Gasteiger partial charge on any atom is 0.250 e. The van der Waals surface area contributed by atoms with Gasteiger partial charge >= 0.3 is 0 Å². The fourth-order valence-electron chi connectivity index (χ4n) is 1.77. The van der Waals surface area contributed by atoms with Crippen LogP contribution < -0.4 is 4.74 Å². The molecule has 0 saturated heterocycles. The van der Waals surface area contributed by atoms with Gasteiger partial charge in [0.05, 0.1) is 12.7 Å². The molecule has 0 radical (unpaired) electrons. The first-order valence-electron chi connectivity index (χ1n) is 5.54. The number of carbonyl (C=O) groups excluding carboxylic acids is 1. The van der Waals surface area contributed by atoms with Crippen LogP contribution in [0.2, 0.25) is 5.02 Å². The molecule has 0 saturated carbocycles. The van der Waals surface area contributed by atoms with Gasteiger partial charge in [-0.15, -0.1) is 0 Å². The lowest BCUT2D eigenvalue weighted by Gasteiger charge is -2.08. The summed E-state index contributed by atoms with van der Waals surface area (Å²) >= 11 is 5.83. The Hall–Kier alpha value is -1.94. The fraction of sp³-hybridized carbons (Fsp3) is 0.143. The molecule has 0 aliphatic heterocycles. The highest BCUT2D eigenvalue weighted by Crippen LogP contribution is 2.23. The van der Waals surface area contributed by atoms with Crippen LogP contribution in [-0.2, 0) is 0 Å². The van der Waals surface area contributed by atoms with Gasteiger partial charge in [0, 0.05) is 16.8 Å². The number of carbonyl (C=O) groups is 1. The van der Waals surface area contributed by atoms with Crippen LogP contribution in [0, 0.1) is 12.7 Å². The summed E-state index contributed by atoms with van der Waals surface area (Å²) in [5.41, 5.74) is 1.02. The number of benzene rings is 1. The summed E-state index contributed by atoms with van der Waals surface area (Å²) in [6, 6.07) is 6.16. The molecule has 0 unspecified atom stereocenters. The third-order valence-electron chi connectivity index (χ3n) is 2.73. The van der Waals surface area contributed by atoms with E-state index in [0.29, 0.717) is 16.1 Å². The van der Waals surface area contributed by atoms with Crippen molar-refractivity contribution in [1.29, 1.82) is 0 Å². The van der Waals surface area contributed by atoms with Gasteiger partial charge in [-0.05, 0) is 36.8 Å². The number of hydrogen-bond donors (Lipinski definition) is 0. The molecule has 2 aromatic rings. The number of aryl methyl sites for hydroxylation is 1. The Balaban J connectivity index is 2.50. The first-order chi connectivity index (χ1) is 9.04. The Kier molecular flexibility index (Phi) is 3.81. The van der Waals surface area contributed by atoms with Gasteiger partial charge in [-0.25, -0.2) is 9.37 Å². The van der Waals surface area contributed by atoms with Gasteiger partial charge in [0.1, 0.15) is 0 Å². The molecular weight excluding hydrogens is 269 g/mol. The first-order valence-corrected chi connectivity index (χ1v) is 5.91. The van der Waals surface area contributed by atoms with E-state index in [9.17, 15) is 9.18 Å². The van der Waals surface area contributed by atoms with Crippen molar-refractivity contribution in [1.82, 2.24) is 4.98 Å². The van der Waals surface area contributed by atoms with E-state index in [2.05, 4.69) is 4.98 Å². The van der Waals surface area contributed by atoms with Crippen LogP contribution in [0.15, 0.2) is 30.5 Å². The van der Waals surface area contributed by atoms with Crippen molar-refractivity contribution in [2.75, 3.05) is 7.11 Å². The lowest BCUT2D eigenvalue weighted by Crippen LogP contribution is -2.08. The molecule has 3 nitrogen and oxygen atoms in total. The van der Waals surface area contributed by atoms with E-state index < -0.39 is 11.6 Å². The minimum atomic E-state index is -0.760. The molecule has 0 atom stereocenters. The van der Waals surface area contributed by atoms with Gasteiger partial charge < -0.3 is 4.74 Å². The Morgan fingerprint density at radius 1 is 1.32 bits per heavy atom. The van der Waals surface area contributed by atoms with E-state index in [1.165, 1.54) is 19.4 Å². The normalized spacial score (nSPS) is 10.3. The number of aromatic nitrogens is 1. The smallest absolute Gasteiger partial charge is 0.250 e. The van der Waals surface area contributed by atoms with Crippen LogP contribution in [0.1, 0.15) is 21.5 Å². The highest BCUT2D eigenvalue weighted by atomic mass is 35.5. The van der Waals surface area contributed by atoms with Crippen molar-refractivity contribution in [2.45, 2.75) is 6.92 Å². The molecule has 19 heavy (non-hydrogen) atoms. The largest absolute Gasteiger partial charge is 0.479 e. The molecule has 0 N–H and O–H groups in total. The van der Waals surface area contributed by atoms with Crippen LogP contribution >= 0.6 is 11.6 Å². The van der Waals surface area contributed by atoms with Crippen molar-refractivity contribution in [3.8, 4) is 5.88 Å². The van der Waals surface area contributed by atoms with Crippen LogP contribution in [0.5, 0.6) is 5.88 Å². The third-order valence-corrected chi connectivity index (χ3v) is 2.96. The zero-order chi connectivity index (χ0) is 14.0. The Morgan fingerprint density at radius 2 is 2.05 bits per heavy atom. The summed E-state index contributed by atoms with van der Waals surface area (Å²) in [4.78, 5) is 16.0. The number of halogens is 2. The van der Waals surface area contributed by atoms with Gasteiger partial charge in [0.15, 0.2) is 11.6 Å². The Bertz CT molecular complexity index is 643. The van der Waals surface area contributed by atoms with Crippen molar-refractivity contribution in [3.63, 3.8) is 0 Å². The summed E-state index contributed by atoms with van der Waals surface area (Å²) in [6.45, 7) is 1.75. The highest BCUT2D eigenvalue weighted by molar-refractivity contribution is 6.30. The first kappa shape index (κ1) is 13.5. The van der Waals surface area contributed by atoms with Gasteiger partial charge in [-0.3, -0.25) is 4.79 Å². The van der Waals surface area contributed by atoms with Crippen molar-refractivity contribution >= 4 is 17.4 Å². The Morgan fingerprint density at radius 3 is 2.68 bits per heavy atom. The van der Waals surface area contributed by atoms with E-state index >= 15 is 0 Å². The molecule has 5 heteroatoms. The Labute approximate surface area is 115 Å². The SMILES string of the molecule is COc1nccc(C(=O)c2ccc(Cl)cc2C)c1F. The average Bonchev–Trinajstić information content (AvgIpc) is 2.38. The number of ether oxygens (including phenoxy) is 1. The van der Waals surface area contributed by atoms with Crippen molar-refractivity contribution in [3.05, 3.63) is 58.0 Å². The molecule has 2 rings (SSSR count). The minimum absolute atomic E-state index is 0.0720. The molecule has 1 aromatic carbocycles. The predicted molar refractivity (Wildman–Crippen MR) is 70.4 cm³/mol. The average molecular weight is 280 g/mol. The number of ketones is 1. The topological polar surface area (TPSA) is 39.2 Å². The lowest BCUT2D eigenvalue weighted by atomic mass is 9.99. The summed E-state index contributed by atoms with van der Waals surface area (Å²) in [5.74, 6) is -1.38. The standard InChI is InChI=1S/C14H11ClFNO2/c1-8-7-9(15)3-4-10(8)13(18)11-5-6-17-14(19-2)12(11)16/h3-7H,1-2H3. The number of methoxy groups -OCH3 is 1. The second-order valence-corrected chi connectivity index (χ2v) is 4.41. The molecule has 0 spiro atoms. The molecular formula is C14H11ClFNO2. The van der Waals surface area contributed by atoms with E-state index in [-0.39, 0.29) is 11.4 Å². The molecule has 0 aliphatic carbocycles. The van der Waals surface area contributed by atoms with Gasteiger partial charge in [-0.1, -0.05) is 11.6 Å². The van der Waals surface area contributed by atoms with Crippen LogP contribution in [0.25, 0.3) is 0 Å². The quantitative estimate of drug-likeness (QED) is 0.808. The molecule has 1 heterocycles. The van der Waals surface area contributed by atoms with E-state index in [1.807, 2.05) is 0 Å². The van der Waals surface area contributed by atoms with E-state index in [1.54, 1.807) is 25.1 Å². The van der Waals surface area contributed by atoms with Crippen molar-refractivity contribution in [2.24, 2.45) is 0 Å². The molecule has 0 amide bonds. The number of pyridine rings is 1. The van der Waals surface area contributed by atoms with Gasteiger partial charge in [0.25, 0.3) is 5.88 Å². The monoisotopic (exact) mass is 279 g/mol. The maximum atomic E-state index is 14.0. The van der Waals surface area contributed by atoms with Gasteiger partial charge in [0.2, 0.25) is 0 Å². The summed E-state index contributed by atoms with van der Waals surface area (Å²) in [5, 5.41) is 0.529. The molecule has 0 bridgehead atoms. The lowest BCUT2D eigenvalue weighted by molar-refractivity contribution is 0.103. The van der Waals surface area contributed by atoms with Crippen molar-refractivity contribution < 1.29 is 13.9 Å². The summed E-state index contributed by atoms with van der Waals surface area (Å²) in [7, 11) is 1.30. The second-order valence-electron chi connectivity index (χ2n) is 3.97. The van der Waals surface area contributed by atoms with Gasteiger partial charge in [-0.2, -0.15) is 0 Å². The molecule has 0 fully saturated rings. The fourth-order valence-corrected chi connectivity index (χ4v) is 2.00. The molecule has 98 valence electrons. The van der Waals surface area contributed by atoms with Crippen LogP contribution in [-0.4, -0.2) is 17.9 Å². The second kappa shape index (κ2) is 5.36. The minimum Gasteiger partial charge on any atom is -0.479 e. The molecule has 1 aromatic heterocycles. The van der Waals surface area contributed by atoms with E-state index in [0.717, 1.165) is 0 Å². The van der Waals surface area contributed by atoms with E-state index in [4.69, 9.17) is 16.3 Å². The van der Waals surface area contributed by atoms with Crippen LogP contribution in [0.4, 0.5) is 4.39 Å². The summed E-state index contributed by atoms with van der Waals surface area (Å²) < 4.78 is 18.7. The number of rotatable bonds is 3. The highest BCUT2D eigenvalue weighted by Gasteiger charge is 2.19.